The molecule has 0 unspecified atom stereocenters. The fourth-order valence-electron chi connectivity index (χ4n) is 1.62. The number of anilines is 1. The van der Waals surface area contributed by atoms with Crippen LogP contribution in [0.3, 0.4) is 0 Å². The molecule has 3 nitrogen and oxygen atoms in total. The highest BCUT2D eigenvalue weighted by Gasteiger charge is 2.10. The van der Waals surface area contributed by atoms with Crippen molar-refractivity contribution in [1.29, 1.82) is 5.26 Å². The second-order valence-electron chi connectivity index (χ2n) is 4.06. The molecule has 5 heteroatoms. The molecular weight excluding hydrogens is 248 g/mol. The Labute approximate surface area is 109 Å². The number of nitriles is 1. The first kappa shape index (κ1) is 13.0. The molecular formula is C14H11F2N3. The molecule has 0 saturated carbocycles. The van der Waals surface area contributed by atoms with E-state index in [2.05, 4.69) is 10.3 Å². The lowest BCUT2D eigenvalue weighted by atomic mass is 10.1. The molecule has 1 N–H and O–H groups in total. The van der Waals surface area contributed by atoms with E-state index in [1.807, 2.05) is 12.1 Å². The third-order valence-corrected chi connectivity index (χ3v) is 2.72. The Balaban J connectivity index is 2.15. The second-order valence-corrected chi connectivity index (χ2v) is 4.06. The Bertz CT molecular complexity index is 648. The summed E-state index contributed by atoms with van der Waals surface area (Å²) in [6.07, 6.45) is 0.979. The van der Waals surface area contributed by atoms with Crippen LogP contribution in [0.4, 0.5) is 14.6 Å². The van der Waals surface area contributed by atoms with Crippen molar-refractivity contribution in [3.8, 4) is 6.07 Å². The van der Waals surface area contributed by atoms with E-state index in [1.54, 1.807) is 18.2 Å². The van der Waals surface area contributed by atoms with Gasteiger partial charge in [0.1, 0.15) is 5.82 Å². The van der Waals surface area contributed by atoms with E-state index in [9.17, 15) is 8.78 Å². The minimum absolute atomic E-state index is 0.00117. The van der Waals surface area contributed by atoms with E-state index in [0.717, 1.165) is 11.8 Å². The van der Waals surface area contributed by atoms with Crippen molar-refractivity contribution in [3.05, 3.63) is 58.8 Å². The van der Waals surface area contributed by atoms with Crippen molar-refractivity contribution in [2.75, 3.05) is 5.32 Å². The van der Waals surface area contributed by atoms with E-state index in [0.29, 0.717) is 12.1 Å². The average molecular weight is 259 g/mol. The van der Waals surface area contributed by atoms with Crippen LogP contribution in [-0.2, 0) is 6.54 Å². The third kappa shape index (κ3) is 2.86. The van der Waals surface area contributed by atoms with Gasteiger partial charge in [-0.1, -0.05) is 12.1 Å². The highest BCUT2D eigenvalue weighted by molar-refractivity contribution is 5.41. The number of nitrogens with one attached hydrogen (secondary N) is 1. The molecule has 2 aromatic rings. The van der Waals surface area contributed by atoms with Crippen molar-refractivity contribution in [2.24, 2.45) is 0 Å². The summed E-state index contributed by atoms with van der Waals surface area (Å²) in [6, 6.07) is 8.96. The first-order valence-corrected chi connectivity index (χ1v) is 5.65. The van der Waals surface area contributed by atoms with E-state index >= 15 is 0 Å². The Morgan fingerprint density at radius 3 is 2.89 bits per heavy atom. The summed E-state index contributed by atoms with van der Waals surface area (Å²) in [5.41, 5.74) is 1.29. The van der Waals surface area contributed by atoms with Crippen LogP contribution in [0.5, 0.6) is 0 Å². The molecule has 2 rings (SSSR count). The summed E-state index contributed by atoms with van der Waals surface area (Å²) in [6.45, 7) is 1.67. The number of aromatic nitrogens is 1. The minimum atomic E-state index is -0.698. The van der Waals surface area contributed by atoms with Gasteiger partial charge in [-0.25, -0.2) is 13.8 Å². The van der Waals surface area contributed by atoms with Gasteiger partial charge in [-0.15, -0.1) is 0 Å². The van der Waals surface area contributed by atoms with Crippen molar-refractivity contribution < 1.29 is 8.78 Å². The molecule has 0 bridgehead atoms. The molecule has 0 radical (unpaired) electrons. The molecule has 0 amide bonds. The number of nitrogens with zero attached hydrogens (tertiary/aromatic N) is 2. The van der Waals surface area contributed by atoms with Gasteiger partial charge in [0.05, 0.1) is 17.8 Å². The van der Waals surface area contributed by atoms with Gasteiger partial charge in [-0.2, -0.15) is 5.26 Å². The summed E-state index contributed by atoms with van der Waals surface area (Å²) < 4.78 is 26.7. The lowest BCUT2D eigenvalue weighted by Gasteiger charge is -2.08. The SMILES string of the molecule is Cc1c(F)cnc(NCc2cccc(C#N)c2)c1F. The first-order chi connectivity index (χ1) is 9.11. The van der Waals surface area contributed by atoms with E-state index in [1.165, 1.54) is 6.92 Å². The predicted molar refractivity (Wildman–Crippen MR) is 67.4 cm³/mol. The van der Waals surface area contributed by atoms with Crippen LogP contribution in [0.1, 0.15) is 16.7 Å². The number of benzene rings is 1. The summed E-state index contributed by atoms with van der Waals surface area (Å²) >= 11 is 0. The largest absolute Gasteiger partial charge is 0.364 e. The Morgan fingerprint density at radius 1 is 1.37 bits per heavy atom. The van der Waals surface area contributed by atoms with Gasteiger partial charge >= 0.3 is 0 Å². The van der Waals surface area contributed by atoms with Crippen LogP contribution < -0.4 is 5.32 Å². The molecule has 0 saturated heterocycles. The summed E-state index contributed by atoms with van der Waals surface area (Å²) in [7, 11) is 0. The molecule has 1 aromatic carbocycles. The van der Waals surface area contributed by atoms with Gasteiger partial charge in [0.15, 0.2) is 11.6 Å². The Kier molecular flexibility index (Phi) is 3.71. The number of pyridine rings is 1. The zero-order valence-electron chi connectivity index (χ0n) is 10.2. The normalized spacial score (nSPS) is 10.0. The Hall–Kier alpha value is -2.48. The summed E-state index contributed by atoms with van der Waals surface area (Å²) in [5, 5.41) is 11.6. The van der Waals surface area contributed by atoms with Gasteiger partial charge in [-0.05, 0) is 24.6 Å². The number of hydrogen-bond acceptors (Lipinski definition) is 3. The van der Waals surface area contributed by atoms with Crippen LogP contribution >= 0.6 is 0 Å². The molecule has 0 aliphatic rings. The maximum Gasteiger partial charge on any atom is 0.171 e. The van der Waals surface area contributed by atoms with Gasteiger partial charge in [-0.3, -0.25) is 0 Å². The summed E-state index contributed by atoms with van der Waals surface area (Å²) in [5.74, 6) is -1.37. The van der Waals surface area contributed by atoms with Crippen LogP contribution in [-0.4, -0.2) is 4.98 Å². The zero-order valence-corrected chi connectivity index (χ0v) is 10.2. The molecule has 0 atom stereocenters. The van der Waals surface area contributed by atoms with Gasteiger partial charge in [0.2, 0.25) is 0 Å². The summed E-state index contributed by atoms with van der Waals surface area (Å²) in [4.78, 5) is 3.67. The van der Waals surface area contributed by atoms with Crippen molar-refractivity contribution in [3.63, 3.8) is 0 Å². The fourth-order valence-corrected chi connectivity index (χ4v) is 1.62. The lowest BCUT2D eigenvalue weighted by molar-refractivity contribution is 0.560. The first-order valence-electron chi connectivity index (χ1n) is 5.65. The molecule has 0 fully saturated rings. The number of hydrogen-bond donors (Lipinski definition) is 1. The van der Waals surface area contributed by atoms with Crippen LogP contribution in [0.15, 0.2) is 30.5 Å². The highest BCUT2D eigenvalue weighted by Crippen LogP contribution is 2.18. The predicted octanol–water partition coefficient (Wildman–Crippen LogP) is 3.15. The quantitative estimate of drug-likeness (QED) is 0.921. The van der Waals surface area contributed by atoms with E-state index < -0.39 is 11.6 Å². The van der Waals surface area contributed by atoms with Crippen molar-refractivity contribution >= 4 is 5.82 Å². The third-order valence-electron chi connectivity index (χ3n) is 2.72. The molecule has 0 spiro atoms. The Morgan fingerprint density at radius 2 is 2.16 bits per heavy atom. The fraction of sp³-hybridized carbons (Fsp3) is 0.143. The standard InChI is InChI=1S/C14H11F2N3/c1-9-12(15)8-19-14(13(9)16)18-7-11-4-2-3-10(5-11)6-17/h2-5,8H,7H2,1H3,(H,18,19). The topological polar surface area (TPSA) is 48.7 Å². The van der Waals surface area contributed by atoms with E-state index in [4.69, 9.17) is 5.26 Å². The van der Waals surface area contributed by atoms with Crippen LogP contribution in [0.25, 0.3) is 0 Å². The second kappa shape index (κ2) is 5.44. The number of halogens is 2. The lowest BCUT2D eigenvalue weighted by Crippen LogP contribution is -2.06. The highest BCUT2D eigenvalue weighted by atomic mass is 19.1. The maximum absolute atomic E-state index is 13.7. The monoisotopic (exact) mass is 259 g/mol. The van der Waals surface area contributed by atoms with Gasteiger partial charge in [0, 0.05) is 12.1 Å². The maximum atomic E-state index is 13.7. The van der Waals surface area contributed by atoms with E-state index in [-0.39, 0.29) is 11.4 Å². The van der Waals surface area contributed by atoms with Crippen molar-refractivity contribution in [1.82, 2.24) is 4.98 Å². The number of rotatable bonds is 3. The van der Waals surface area contributed by atoms with Crippen molar-refractivity contribution in [2.45, 2.75) is 13.5 Å². The molecule has 1 heterocycles. The average Bonchev–Trinajstić information content (AvgIpc) is 2.44. The minimum Gasteiger partial charge on any atom is -0.364 e. The smallest absolute Gasteiger partial charge is 0.171 e. The molecule has 96 valence electrons. The zero-order chi connectivity index (χ0) is 13.8. The van der Waals surface area contributed by atoms with Crippen LogP contribution in [0, 0.1) is 29.9 Å². The molecule has 0 aliphatic heterocycles. The molecule has 19 heavy (non-hydrogen) atoms. The molecule has 0 aliphatic carbocycles. The molecule has 1 aromatic heterocycles. The van der Waals surface area contributed by atoms with Crippen LogP contribution in [0.2, 0.25) is 0 Å². The van der Waals surface area contributed by atoms with Gasteiger partial charge < -0.3 is 5.32 Å². The van der Waals surface area contributed by atoms with Gasteiger partial charge in [0.25, 0.3) is 0 Å².